The Hall–Kier alpha value is -4.49. The lowest BCUT2D eigenvalue weighted by Crippen LogP contribution is -2.45. The lowest BCUT2D eigenvalue weighted by atomic mass is 9.95. The molecule has 1 amide bonds. The summed E-state index contributed by atoms with van der Waals surface area (Å²) < 4.78 is 36.5. The Kier molecular flexibility index (Phi) is 11.3. The molecular weight excluding hydrogens is 655 g/mol. The number of hydrazone groups is 1. The lowest BCUT2D eigenvalue weighted by Gasteiger charge is -2.30. The van der Waals surface area contributed by atoms with Gasteiger partial charge in [0.2, 0.25) is 0 Å². The molecule has 3 aromatic rings. The summed E-state index contributed by atoms with van der Waals surface area (Å²) in [7, 11) is 1.50. The number of hydrogen-bond donors (Lipinski definition) is 3. The van der Waals surface area contributed by atoms with Crippen LogP contribution in [-0.2, 0) is 20.9 Å². The third-order valence-electron chi connectivity index (χ3n) is 6.31. The Morgan fingerprint density at radius 2 is 1.89 bits per heavy atom. The monoisotopic (exact) mass is 684 g/mol. The smallest absolute Gasteiger partial charge is 0.338 e. The number of thiocarbonyl (C=S) groups is 1. The molecule has 1 atom stereocenters. The molecule has 0 saturated heterocycles. The second-order valence-corrected chi connectivity index (χ2v) is 10.6. The maximum atomic E-state index is 13.5. The quantitative estimate of drug-likeness (QED) is 0.104. The first-order valence-electron chi connectivity index (χ1n) is 13.4. The number of rotatable bonds is 12. The largest absolute Gasteiger partial charge is 0.493 e. The fourth-order valence-corrected chi connectivity index (χ4v) is 5.01. The number of nitrogens with one attached hydrogen (secondary N) is 3. The van der Waals surface area contributed by atoms with Crippen molar-refractivity contribution in [3.8, 4) is 17.2 Å². The third kappa shape index (κ3) is 8.32. The van der Waals surface area contributed by atoms with Crippen LogP contribution in [0, 0.1) is 5.82 Å². The van der Waals surface area contributed by atoms with E-state index in [1.165, 1.54) is 25.5 Å². The van der Waals surface area contributed by atoms with Gasteiger partial charge in [0, 0.05) is 21.3 Å². The molecule has 0 aliphatic carbocycles. The molecule has 13 heteroatoms. The summed E-state index contributed by atoms with van der Waals surface area (Å²) in [4.78, 5) is 25.3. The van der Waals surface area contributed by atoms with Gasteiger partial charge in [-0.1, -0.05) is 30.3 Å². The van der Waals surface area contributed by atoms with Crippen LogP contribution < -0.4 is 30.3 Å². The number of benzene rings is 3. The lowest BCUT2D eigenvalue weighted by molar-refractivity contribution is -0.139. The number of nitrogens with zero attached hydrogens (tertiary/aromatic N) is 1. The molecule has 0 bridgehead atoms. The summed E-state index contributed by atoms with van der Waals surface area (Å²) >= 11 is 8.79. The van der Waals surface area contributed by atoms with E-state index in [9.17, 15) is 14.0 Å². The summed E-state index contributed by atoms with van der Waals surface area (Å²) in [6, 6.07) is 15.9. The molecule has 3 aromatic carbocycles. The predicted octanol–water partition coefficient (Wildman–Crippen LogP) is 5.06. The molecule has 0 spiro atoms. The summed E-state index contributed by atoms with van der Waals surface area (Å²) in [6.45, 7) is 3.48. The Balaban J connectivity index is 1.40. The van der Waals surface area contributed by atoms with Crippen molar-refractivity contribution in [1.82, 2.24) is 16.1 Å². The van der Waals surface area contributed by atoms with Gasteiger partial charge in [0.05, 0.1) is 31.5 Å². The maximum Gasteiger partial charge on any atom is 0.338 e. The molecule has 1 aliphatic rings. The van der Waals surface area contributed by atoms with Crippen molar-refractivity contribution in [2.45, 2.75) is 26.5 Å². The second-order valence-electron chi connectivity index (χ2n) is 9.35. The van der Waals surface area contributed by atoms with E-state index < -0.39 is 17.9 Å². The molecule has 10 nitrogen and oxygen atoms in total. The van der Waals surface area contributed by atoms with E-state index in [0.29, 0.717) is 54.8 Å². The standard InChI is InChI=1S/C31H30BrFN4O6S/c1-4-41-30(39)28-18(2)35-31(44)36-29(28)22-10-5-6-11-24(22)43-17-27(38)37-34-15-20-13-25(40-3)26(14-23(20)32)42-16-19-8-7-9-21(33)12-19/h5-15,29H,4,16-17H2,1-3H3,(H,37,38)(H2,35,36,44)/t29-/m0/s1. The first-order chi connectivity index (χ1) is 21.2. The number of halogens is 2. The van der Waals surface area contributed by atoms with Gasteiger partial charge < -0.3 is 29.6 Å². The molecule has 0 aromatic heterocycles. The number of hydrogen-bond acceptors (Lipinski definition) is 8. The van der Waals surface area contributed by atoms with Crippen LogP contribution in [0.25, 0.3) is 0 Å². The summed E-state index contributed by atoms with van der Waals surface area (Å²) in [5, 5.41) is 10.4. The molecule has 3 N–H and O–H groups in total. The zero-order valence-electron chi connectivity index (χ0n) is 24.1. The molecule has 1 heterocycles. The number of carbonyl (C=O) groups excluding carboxylic acids is 2. The van der Waals surface area contributed by atoms with Gasteiger partial charge in [-0.2, -0.15) is 5.10 Å². The van der Waals surface area contributed by atoms with Crippen LogP contribution in [0.15, 0.2) is 81.5 Å². The molecule has 1 aliphatic heterocycles. The van der Waals surface area contributed by atoms with E-state index in [0.717, 1.165) is 0 Å². The highest BCUT2D eigenvalue weighted by Crippen LogP contribution is 2.35. The molecule has 230 valence electrons. The Bertz CT molecular complexity index is 1620. The molecule has 44 heavy (non-hydrogen) atoms. The minimum absolute atomic E-state index is 0.146. The van der Waals surface area contributed by atoms with Crippen molar-refractivity contribution in [2.75, 3.05) is 20.3 Å². The Morgan fingerprint density at radius 3 is 2.64 bits per heavy atom. The van der Waals surface area contributed by atoms with Crippen LogP contribution in [0.2, 0.25) is 0 Å². The van der Waals surface area contributed by atoms with Gasteiger partial charge in [0.15, 0.2) is 23.2 Å². The zero-order chi connectivity index (χ0) is 31.6. The minimum atomic E-state index is -0.645. The number of methoxy groups -OCH3 is 1. The van der Waals surface area contributed by atoms with Crippen LogP contribution in [0.1, 0.15) is 36.6 Å². The number of carbonyl (C=O) groups is 2. The second kappa shape index (κ2) is 15.3. The van der Waals surface area contributed by atoms with E-state index in [1.807, 2.05) is 0 Å². The molecule has 0 radical (unpaired) electrons. The van der Waals surface area contributed by atoms with Crippen molar-refractivity contribution in [3.63, 3.8) is 0 Å². The van der Waals surface area contributed by atoms with Gasteiger partial charge in [-0.15, -0.1) is 0 Å². The van der Waals surface area contributed by atoms with E-state index in [-0.39, 0.29) is 25.6 Å². The number of para-hydroxylation sites is 1. The molecule has 0 saturated carbocycles. The predicted molar refractivity (Wildman–Crippen MR) is 170 cm³/mol. The molecule has 4 rings (SSSR count). The Labute approximate surface area is 267 Å². The van der Waals surface area contributed by atoms with Gasteiger partial charge in [0.1, 0.15) is 18.2 Å². The highest BCUT2D eigenvalue weighted by atomic mass is 79.9. The SMILES string of the molecule is CCOC(=O)C1=C(C)NC(=S)N[C@H]1c1ccccc1OCC(=O)NN=Cc1cc(OC)c(OCc2cccc(F)c2)cc1Br. The first-order valence-corrected chi connectivity index (χ1v) is 14.6. The highest BCUT2D eigenvalue weighted by Gasteiger charge is 2.32. The van der Waals surface area contributed by atoms with Crippen LogP contribution >= 0.6 is 28.1 Å². The zero-order valence-corrected chi connectivity index (χ0v) is 26.5. The number of ether oxygens (including phenoxy) is 4. The Morgan fingerprint density at radius 1 is 1.09 bits per heavy atom. The van der Waals surface area contributed by atoms with E-state index in [4.69, 9.17) is 31.2 Å². The van der Waals surface area contributed by atoms with Gasteiger partial charge in [-0.25, -0.2) is 14.6 Å². The molecular formula is C31H30BrFN4O6S. The summed E-state index contributed by atoms with van der Waals surface area (Å²) in [5.41, 5.74) is 5.23. The van der Waals surface area contributed by atoms with Crippen molar-refractivity contribution in [1.29, 1.82) is 0 Å². The van der Waals surface area contributed by atoms with Crippen LogP contribution in [0.3, 0.4) is 0 Å². The van der Waals surface area contributed by atoms with Crippen LogP contribution in [0.4, 0.5) is 4.39 Å². The first kappa shape index (κ1) is 32.4. The van der Waals surface area contributed by atoms with Gasteiger partial charge in [0.25, 0.3) is 5.91 Å². The number of allylic oxidation sites excluding steroid dienone is 1. The van der Waals surface area contributed by atoms with Crippen molar-refractivity contribution in [3.05, 3.63) is 98.9 Å². The average Bonchev–Trinajstić information content (AvgIpc) is 2.99. The topological polar surface area (TPSA) is 120 Å². The highest BCUT2D eigenvalue weighted by molar-refractivity contribution is 9.10. The maximum absolute atomic E-state index is 13.5. The fourth-order valence-electron chi connectivity index (χ4n) is 4.32. The van der Waals surface area contributed by atoms with E-state index in [1.54, 1.807) is 62.4 Å². The van der Waals surface area contributed by atoms with Crippen molar-refractivity contribution in [2.24, 2.45) is 5.10 Å². The normalized spacial score (nSPS) is 14.5. The third-order valence-corrected chi connectivity index (χ3v) is 7.22. The van der Waals surface area contributed by atoms with E-state index in [2.05, 4.69) is 37.1 Å². The van der Waals surface area contributed by atoms with Gasteiger partial charge in [-0.05, 0) is 77.9 Å². The van der Waals surface area contributed by atoms with Gasteiger partial charge >= 0.3 is 5.97 Å². The van der Waals surface area contributed by atoms with Gasteiger partial charge in [-0.3, -0.25) is 4.79 Å². The molecule has 0 unspecified atom stereocenters. The number of esters is 1. The molecule has 0 fully saturated rings. The average molecular weight is 686 g/mol. The summed E-state index contributed by atoms with van der Waals surface area (Å²) in [5.74, 6) is -0.105. The minimum Gasteiger partial charge on any atom is -0.493 e. The number of amides is 1. The van der Waals surface area contributed by atoms with Crippen LogP contribution in [0.5, 0.6) is 17.2 Å². The fraction of sp³-hybridized carbons (Fsp3) is 0.226. The van der Waals surface area contributed by atoms with Crippen molar-refractivity contribution >= 4 is 51.4 Å². The summed E-state index contributed by atoms with van der Waals surface area (Å²) in [6.07, 6.45) is 1.44. The van der Waals surface area contributed by atoms with E-state index >= 15 is 0 Å². The van der Waals surface area contributed by atoms with Crippen molar-refractivity contribution < 1.29 is 32.9 Å². The van der Waals surface area contributed by atoms with Crippen LogP contribution in [-0.4, -0.2) is 43.5 Å².